The van der Waals surface area contributed by atoms with Gasteiger partial charge < -0.3 is 26.2 Å². The van der Waals surface area contributed by atoms with Crippen LogP contribution in [0, 0.1) is 5.92 Å². The molecule has 0 saturated carbocycles. The van der Waals surface area contributed by atoms with Crippen LogP contribution in [0.5, 0.6) is 0 Å². The molecule has 0 unspecified atom stereocenters. The Bertz CT molecular complexity index is 790. The number of hydrogen-bond donors (Lipinski definition) is 4. The first-order chi connectivity index (χ1) is 14.9. The zero-order chi connectivity index (χ0) is 22.4. The minimum atomic E-state index is -1.20. The molecule has 8 heteroatoms. The summed E-state index contributed by atoms with van der Waals surface area (Å²) in [5, 5.41) is 15.2. The van der Waals surface area contributed by atoms with Crippen LogP contribution < -0.4 is 16.4 Å². The molecular formula is C23H33N3O5. The number of primary amides is 1. The Morgan fingerprint density at radius 3 is 2.90 bits per heavy atom. The van der Waals surface area contributed by atoms with Gasteiger partial charge in [-0.25, -0.2) is 4.79 Å². The second-order valence-corrected chi connectivity index (χ2v) is 8.57. The molecule has 0 bridgehead atoms. The minimum absolute atomic E-state index is 0.0420. The monoisotopic (exact) mass is 431 g/mol. The van der Waals surface area contributed by atoms with E-state index < -0.39 is 23.8 Å². The van der Waals surface area contributed by atoms with Crippen molar-refractivity contribution >= 4 is 17.8 Å². The quantitative estimate of drug-likeness (QED) is 0.211. The van der Waals surface area contributed by atoms with Crippen molar-refractivity contribution in [2.45, 2.75) is 75.7 Å². The molecule has 2 fully saturated rings. The molecule has 5 N–H and O–H groups in total. The molecule has 1 spiro atoms. The zero-order valence-electron chi connectivity index (χ0n) is 18.0. The van der Waals surface area contributed by atoms with Crippen molar-refractivity contribution in [3.8, 4) is 0 Å². The van der Waals surface area contributed by atoms with Gasteiger partial charge in [0.15, 0.2) is 0 Å². The Kier molecular flexibility index (Phi) is 7.67. The van der Waals surface area contributed by atoms with Gasteiger partial charge in [0, 0.05) is 25.0 Å². The van der Waals surface area contributed by atoms with E-state index in [0.29, 0.717) is 5.92 Å². The molecule has 0 aromatic carbocycles. The van der Waals surface area contributed by atoms with Crippen molar-refractivity contribution in [2.75, 3.05) is 6.54 Å². The highest BCUT2D eigenvalue weighted by Crippen LogP contribution is 2.56. The molecule has 5 atom stereocenters. The van der Waals surface area contributed by atoms with E-state index >= 15 is 0 Å². The topological polar surface area (TPSA) is 134 Å². The van der Waals surface area contributed by atoms with E-state index in [-0.39, 0.29) is 30.6 Å². The predicted octanol–water partition coefficient (Wildman–Crippen LogP) is 1.57. The van der Waals surface area contributed by atoms with E-state index in [4.69, 9.17) is 10.5 Å². The first kappa shape index (κ1) is 23.2. The number of epoxide rings is 1. The van der Waals surface area contributed by atoms with Gasteiger partial charge in [-0.15, -0.1) is 0 Å². The van der Waals surface area contributed by atoms with Gasteiger partial charge in [0.2, 0.25) is 11.8 Å². The Hall–Kier alpha value is -2.45. The zero-order valence-corrected chi connectivity index (χ0v) is 18.0. The number of unbranched alkanes of at least 4 members (excludes halogenated alkanes) is 3. The third-order valence-corrected chi connectivity index (χ3v) is 6.34. The average molecular weight is 432 g/mol. The molecular weight excluding hydrogens is 398 g/mol. The fourth-order valence-corrected chi connectivity index (χ4v) is 4.64. The first-order valence-corrected chi connectivity index (χ1v) is 11.2. The van der Waals surface area contributed by atoms with Crippen LogP contribution in [0.2, 0.25) is 0 Å². The van der Waals surface area contributed by atoms with Gasteiger partial charge in [0.25, 0.3) is 0 Å². The molecule has 3 aliphatic rings. The van der Waals surface area contributed by atoms with Crippen LogP contribution in [0.3, 0.4) is 0 Å². The second kappa shape index (κ2) is 10.2. The van der Waals surface area contributed by atoms with Gasteiger partial charge in [-0.1, -0.05) is 56.9 Å². The van der Waals surface area contributed by atoms with Gasteiger partial charge >= 0.3 is 5.97 Å². The van der Waals surface area contributed by atoms with Crippen molar-refractivity contribution in [3.05, 3.63) is 36.0 Å². The van der Waals surface area contributed by atoms with Crippen LogP contribution in [0.4, 0.5) is 0 Å². The molecule has 31 heavy (non-hydrogen) atoms. The van der Waals surface area contributed by atoms with E-state index in [9.17, 15) is 19.5 Å². The van der Waals surface area contributed by atoms with Crippen LogP contribution in [0.15, 0.2) is 36.0 Å². The minimum Gasteiger partial charge on any atom is -0.480 e. The molecule has 2 saturated heterocycles. The van der Waals surface area contributed by atoms with Crippen LogP contribution in [0.1, 0.15) is 51.9 Å². The maximum absolute atomic E-state index is 12.1. The third-order valence-electron chi connectivity index (χ3n) is 6.34. The number of carboxylic acid groups (broad SMARTS) is 1. The Morgan fingerprint density at radius 1 is 1.39 bits per heavy atom. The molecule has 2 heterocycles. The van der Waals surface area contributed by atoms with E-state index in [0.717, 1.165) is 18.5 Å². The smallest absolute Gasteiger partial charge is 0.326 e. The first-order valence-electron chi connectivity index (χ1n) is 11.2. The number of piperidine rings is 1. The molecule has 2 aliphatic heterocycles. The summed E-state index contributed by atoms with van der Waals surface area (Å²) >= 11 is 0. The van der Waals surface area contributed by atoms with Gasteiger partial charge in [0.05, 0.1) is 12.1 Å². The molecule has 0 aromatic rings. The lowest BCUT2D eigenvalue weighted by Gasteiger charge is -2.29. The van der Waals surface area contributed by atoms with Gasteiger partial charge in [-0.3, -0.25) is 9.59 Å². The van der Waals surface area contributed by atoms with E-state index in [1.165, 1.54) is 31.8 Å². The van der Waals surface area contributed by atoms with Crippen molar-refractivity contribution in [1.82, 2.24) is 10.6 Å². The maximum Gasteiger partial charge on any atom is 0.326 e. The fourth-order valence-electron chi connectivity index (χ4n) is 4.64. The number of amides is 2. The van der Waals surface area contributed by atoms with Crippen molar-refractivity contribution in [1.29, 1.82) is 0 Å². The molecule has 2 amide bonds. The average Bonchev–Trinajstić information content (AvgIpc) is 3.39. The SMILES string of the molecule is CCCCCC[C@H]1CN[C@@H]2C=C/C(=C\C=C\C(=O)N[C@@H](CCC(N)=O)C(=O)O)[C@]23O[C@H]13. The van der Waals surface area contributed by atoms with Gasteiger partial charge in [-0.05, 0) is 18.4 Å². The van der Waals surface area contributed by atoms with E-state index in [1.807, 2.05) is 12.2 Å². The number of rotatable bonds is 12. The summed E-state index contributed by atoms with van der Waals surface area (Å²) in [6, 6.07) is -0.998. The highest BCUT2D eigenvalue weighted by molar-refractivity contribution is 5.91. The summed E-state index contributed by atoms with van der Waals surface area (Å²) in [5.74, 6) is -1.85. The van der Waals surface area contributed by atoms with Crippen LogP contribution in [0.25, 0.3) is 0 Å². The largest absolute Gasteiger partial charge is 0.480 e. The van der Waals surface area contributed by atoms with E-state index in [1.54, 1.807) is 6.08 Å². The summed E-state index contributed by atoms with van der Waals surface area (Å²) in [5.41, 5.74) is 5.75. The number of ether oxygens (including phenoxy) is 1. The molecule has 0 radical (unpaired) electrons. The van der Waals surface area contributed by atoms with Crippen LogP contribution in [-0.2, 0) is 19.1 Å². The summed E-state index contributed by atoms with van der Waals surface area (Å²) in [6.07, 6.45) is 15.1. The van der Waals surface area contributed by atoms with Gasteiger partial charge in [0.1, 0.15) is 11.6 Å². The Labute approximate surface area is 183 Å². The lowest BCUT2D eigenvalue weighted by Crippen LogP contribution is -2.49. The van der Waals surface area contributed by atoms with E-state index in [2.05, 4.69) is 23.6 Å². The van der Waals surface area contributed by atoms with Crippen molar-refractivity contribution in [2.24, 2.45) is 11.7 Å². The van der Waals surface area contributed by atoms with Gasteiger partial charge in [-0.2, -0.15) is 0 Å². The van der Waals surface area contributed by atoms with Crippen LogP contribution >= 0.6 is 0 Å². The fraction of sp³-hybridized carbons (Fsp3) is 0.609. The highest BCUT2D eigenvalue weighted by atomic mass is 16.6. The number of hydrogen-bond acceptors (Lipinski definition) is 5. The number of nitrogens with two attached hydrogens (primary N) is 1. The lowest BCUT2D eigenvalue weighted by molar-refractivity contribution is -0.141. The molecule has 0 aromatic heterocycles. The summed E-state index contributed by atoms with van der Waals surface area (Å²) in [7, 11) is 0. The molecule has 1 aliphatic carbocycles. The Morgan fingerprint density at radius 2 is 2.19 bits per heavy atom. The summed E-state index contributed by atoms with van der Waals surface area (Å²) in [4.78, 5) is 34.2. The predicted molar refractivity (Wildman–Crippen MR) is 116 cm³/mol. The molecule has 170 valence electrons. The van der Waals surface area contributed by atoms with Crippen LogP contribution in [-0.4, -0.2) is 53.2 Å². The Balaban J connectivity index is 1.55. The number of aliphatic carboxylic acids is 1. The number of allylic oxidation sites excluding steroid dienone is 2. The number of nitrogens with one attached hydrogen (secondary N) is 2. The maximum atomic E-state index is 12.1. The van der Waals surface area contributed by atoms with Crippen molar-refractivity contribution in [3.63, 3.8) is 0 Å². The standard InChI is InChI=1S/C23H33N3O5/c1-2-3-4-5-7-15-14-25-18-12-10-16(23(18)21(15)31-23)8-6-9-20(28)26-17(22(29)30)11-13-19(24)27/h6,8-10,12,15,17-18,21,25H,2-5,7,11,13-14H2,1H3,(H2,24,27)(H,26,28)(H,29,30)/b9-6+,16-8+/t15-,17-,18+,21+,23-/m0/s1. The second-order valence-electron chi connectivity index (χ2n) is 8.57. The molecule has 3 rings (SSSR count). The van der Waals surface area contributed by atoms with Crippen molar-refractivity contribution < 1.29 is 24.2 Å². The normalized spacial score (nSPS) is 30.7. The lowest BCUT2D eigenvalue weighted by atomic mass is 9.81. The number of carboxylic acids is 1. The number of carbonyl (C=O) groups excluding carboxylic acids is 2. The summed E-state index contributed by atoms with van der Waals surface area (Å²) in [6.45, 7) is 3.17. The highest BCUT2D eigenvalue weighted by Gasteiger charge is 2.68. The summed E-state index contributed by atoms with van der Waals surface area (Å²) < 4.78 is 6.23. The number of carbonyl (C=O) groups is 3. The molecule has 8 nitrogen and oxygen atoms in total. The third kappa shape index (κ3) is 5.43.